The van der Waals surface area contributed by atoms with Crippen molar-refractivity contribution in [2.75, 3.05) is 26.2 Å². The van der Waals surface area contributed by atoms with E-state index >= 15 is 0 Å². The summed E-state index contributed by atoms with van der Waals surface area (Å²) in [7, 11) is 0. The van der Waals surface area contributed by atoms with Gasteiger partial charge in [-0.15, -0.1) is 0 Å². The Labute approximate surface area is 229 Å². The lowest BCUT2D eigenvalue weighted by molar-refractivity contribution is -0.164. The third-order valence-electron chi connectivity index (χ3n) is 9.11. The maximum atomic E-state index is 14.2. The van der Waals surface area contributed by atoms with Gasteiger partial charge in [-0.1, -0.05) is 24.3 Å². The molecule has 2 aromatic heterocycles. The summed E-state index contributed by atoms with van der Waals surface area (Å²) in [5, 5.41) is 4.14. The summed E-state index contributed by atoms with van der Waals surface area (Å²) in [5.41, 5.74) is 3.37. The van der Waals surface area contributed by atoms with Gasteiger partial charge in [-0.2, -0.15) is 0 Å². The highest BCUT2D eigenvalue weighted by molar-refractivity contribution is 5.93. The first-order valence-corrected chi connectivity index (χ1v) is 14.3. The van der Waals surface area contributed by atoms with Crippen LogP contribution in [0.2, 0.25) is 0 Å². The molecular weight excluding hydrogens is 490 g/mol. The van der Waals surface area contributed by atoms with Crippen LogP contribution in [0.5, 0.6) is 0 Å². The fraction of sp³-hybridized carbons (Fsp3) is 0.484. The van der Waals surface area contributed by atoms with Crippen LogP contribution in [0.3, 0.4) is 0 Å². The number of nitrogens with one attached hydrogen (secondary N) is 2. The van der Waals surface area contributed by atoms with E-state index in [-0.39, 0.29) is 24.1 Å². The van der Waals surface area contributed by atoms with Gasteiger partial charge in [-0.25, -0.2) is 0 Å². The van der Waals surface area contributed by atoms with E-state index in [0.717, 1.165) is 55.7 Å². The fourth-order valence-corrected chi connectivity index (χ4v) is 7.04. The number of rotatable bonds is 6. The zero-order chi connectivity index (χ0) is 27.0. The van der Waals surface area contributed by atoms with Gasteiger partial charge in [0.2, 0.25) is 17.7 Å². The number of amides is 3. The molecule has 0 aliphatic carbocycles. The number of fused-ring (bicyclic) bond motifs is 5. The third kappa shape index (κ3) is 4.60. The summed E-state index contributed by atoms with van der Waals surface area (Å²) >= 11 is 0. The zero-order valence-electron chi connectivity index (χ0n) is 22.6. The van der Waals surface area contributed by atoms with Gasteiger partial charge in [0.15, 0.2) is 0 Å². The number of nitrogens with zero attached hydrogens (tertiary/aromatic N) is 3. The van der Waals surface area contributed by atoms with Crippen molar-refractivity contribution >= 4 is 28.6 Å². The van der Waals surface area contributed by atoms with Gasteiger partial charge in [0.25, 0.3) is 0 Å². The monoisotopic (exact) mass is 527 g/mol. The Morgan fingerprint density at radius 2 is 1.87 bits per heavy atom. The van der Waals surface area contributed by atoms with E-state index in [1.807, 2.05) is 40.1 Å². The molecule has 6 rings (SSSR count). The van der Waals surface area contributed by atoms with Crippen LogP contribution in [0.15, 0.2) is 48.7 Å². The number of para-hydroxylation sites is 1. The normalized spacial score (nSPS) is 24.8. The summed E-state index contributed by atoms with van der Waals surface area (Å²) in [6, 6.07) is 14.0. The number of H-pyrrole nitrogens is 1. The van der Waals surface area contributed by atoms with E-state index < -0.39 is 17.4 Å². The molecule has 1 aromatic carbocycles. The van der Waals surface area contributed by atoms with Crippen molar-refractivity contribution in [3.8, 4) is 0 Å². The highest BCUT2D eigenvalue weighted by atomic mass is 16.2. The average Bonchev–Trinajstić information content (AvgIpc) is 3.35. The Kier molecular flexibility index (Phi) is 6.87. The van der Waals surface area contributed by atoms with Crippen molar-refractivity contribution in [1.29, 1.82) is 0 Å². The SMILES string of the molecule is C[C@]12c3[nH]c4ccccc4c3CCN1C(=O)C(CC(=O)NCCc1ccccn1)C[C@@H]2C(=O)N1CCCCC1. The van der Waals surface area contributed by atoms with Crippen molar-refractivity contribution in [2.45, 2.75) is 57.4 Å². The Hall–Kier alpha value is -3.68. The van der Waals surface area contributed by atoms with Crippen LogP contribution in [-0.2, 0) is 32.8 Å². The summed E-state index contributed by atoms with van der Waals surface area (Å²) < 4.78 is 0. The van der Waals surface area contributed by atoms with E-state index in [1.165, 1.54) is 10.9 Å². The molecule has 8 heteroatoms. The van der Waals surface area contributed by atoms with Crippen molar-refractivity contribution < 1.29 is 14.4 Å². The van der Waals surface area contributed by atoms with Gasteiger partial charge in [0.05, 0.1) is 11.5 Å². The molecule has 8 nitrogen and oxygen atoms in total. The lowest BCUT2D eigenvalue weighted by Gasteiger charge is -2.54. The average molecular weight is 528 g/mol. The summed E-state index contributed by atoms with van der Waals surface area (Å²) in [6.45, 7) is 4.60. The molecule has 5 heterocycles. The number of carbonyl (C=O) groups excluding carboxylic acids is 3. The van der Waals surface area contributed by atoms with Crippen molar-refractivity contribution in [3.63, 3.8) is 0 Å². The molecule has 0 bridgehead atoms. The minimum Gasteiger partial charge on any atom is -0.356 e. The molecule has 3 aromatic rings. The standard InChI is InChI=1S/C31H37N5O3/c1-31-25(30(39)35-16-7-2-8-17-35)19-21(20-27(37)33-15-12-22-9-5-6-14-32-22)29(38)36(31)18-13-24-23-10-3-4-11-26(23)34-28(24)31/h3-6,9-11,14,21,25,34H,2,7-8,12-13,15-20H2,1H3,(H,33,37)/t21?,25-,31+/m1/s1. The molecule has 0 spiro atoms. The second kappa shape index (κ2) is 10.5. The Morgan fingerprint density at radius 3 is 2.67 bits per heavy atom. The van der Waals surface area contributed by atoms with Gasteiger partial charge in [-0.05, 0) is 62.8 Å². The van der Waals surface area contributed by atoms with E-state index in [4.69, 9.17) is 0 Å². The van der Waals surface area contributed by atoms with Crippen molar-refractivity contribution in [3.05, 3.63) is 65.6 Å². The number of benzene rings is 1. The third-order valence-corrected chi connectivity index (χ3v) is 9.11. The molecule has 0 saturated carbocycles. The maximum absolute atomic E-state index is 14.2. The fourth-order valence-electron chi connectivity index (χ4n) is 7.04. The van der Waals surface area contributed by atoms with Crippen molar-refractivity contribution in [1.82, 2.24) is 25.1 Å². The molecule has 39 heavy (non-hydrogen) atoms. The van der Waals surface area contributed by atoms with Crippen LogP contribution >= 0.6 is 0 Å². The van der Waals surface area contributed by atoms with Gasteiger partial charge >= 0.3 is 0 Å². The quantitative estimate of drug-likeness (QED) is 0.512. The Balaban J connectivity index is 1.27. The number of piperidine rings is 2. The highest BCUT2D eigenvalue weighted by Gasteiger charge is 2.57. The molecule has 3 aliphatic rings. The Bertz CT molecular complexity index is 1380. The summed E-state index contributed by atoms with van der Waals surface area (Å²) in [4.78, 5) is 52.9. The van der Waals surface area contributed by atoms with Crippen LogP contribution in [0.4, 0.5) is 0 Å². The first-order chi connectivity index (χ1) is 19.0. The lowest BCUT2D eigenvalue weighted by Crippen LogP contribution is -2.64. The van der Waals surface area contributed by atoms with Gasteiger partial charge in [0.1, 0.15) is 0 Å². The topological polar surface area (TPSA) is 98.4 Å². The number of aromatic nitrogens is 2. The molecule has 3 atom stereocenters. The van der Waals surface area contributed by atoms with Gasteiger partial charge in [-0.3, -0.25) is 19.4 Å². The van der Waals surface area contributed by atoms with E-state index in [9.17, 15) is 14.4 Å². The second-order valence-corrected chi connectivity index (χ2v) is 11.4. The highest BCUT2D eigenvalue weighted by Crippen LogP contribution is 2.50. The molecule has 2 N–H and O–H groups in total. The van der Waals surface area contributed by atoms with Crippen LogP contribution < -0.4 is 5.32 Å². The number of hydrogen-bond acceptors (Lipinski definition) is 4. The minimum absolute atomic E-state index is 0.0237. The van der Waals surface area contributed by atoms with Crippen LogP contribution in [0.25, 0.3) is 10.9 Å². The Morgan fingerprint density at radius 1 is 1.08 bits per heavy atom. The summed E-state index contributed by atoms with van der Waals surface area (Å²) in [5.74, 6) is -0.990. The van der Waals surface area contributed by atoms with Crippen molar-refractivity contribution in [2.24, 2.45) is 11.8 Å². The number of hydrogen-bond donors (Lipinski definition) is 2. The molecule has 3 amide bonds. The first-order valence-electron chi connectivity index (χ1n) is 14.3. The van der Waals surface area contributed by atoms with Crippen LogP contribution in [-0.4, -0.2) is 63.7 Å². The van der Waals surface area contributed by atoms with Gasteiger partial charge < -0.3 is 20.1 Å². The van der Waals surface area contributed by atoms with Crippen LogP contribution in [0.1, 0.15) is 56.0 Å². The molecular formula is C31H37N5O3. The second-order valence-electron chi connectivity index (χ2n) is 11.4. The van der Waals surface area contributed by atoms with Gasteiger partial charge in [0, 0.05) is 73.4 Å². The molecule has 2 fully saturated rings. The number of likely N-dealkylation sites (tertiary alicyclic amines) is 1. The van der Waals surface area contributed by atoms with Crippen LogP contribution in [0, 0.1) is 11.8 Å². The minimum atomic E-state index is -0.774. The number of aromatic amines is 1. The number of carbonyl (C=O) groups is 3. The predicted molar refractivity (Wildman–Crippen MR) is 149 cm³/mol. The largest absolute Gasteiger partial charge is 0.356 e. The van der Waals surface area contributed by atoms with E-state index in [1.54, 1.807) is 6.20 Å². The predicted octanol–water partition coefficient (Wildman–Crippen LogP) is 3.56. The number of pyridine rings is 1. The molecule has 2 saturated heterocycles. The lowest BCUT2D eigenvalue weighted by atomic mass is 9.67. The van der Waals surface area contributed by atoms with E-state index in [0.29, 0.717) is 25.9 Å². The zero-order valence-corrected chi connectivity index (χ0v) is 22.6. The van der Waals surface area contributed by atoms with E-state index in [2.05, 4.69) is 34.3 Å². The molecule has 1 unspecified atom stereocenters. The molecule has 0 radical (unpaired) electrons. The first kappa shape index (κ1) is 25.6. The maximum Gasteiger partial charge on any atom is 0.228 e. The smallest absolute Gasteiger partial charge is 0.228 e. The molecule has 204 valence electrons. The molecule has 3 aliphatic heterocycles. The summed E-state index contributed by atoms with van der Waals surface area (Å²) in [6.07, 6.45) is 6.74.